The van der Waals surface area contributed by atoms with Crippen molar-refractivity contribution in [1.29, 1.82) is 0 Å². The first-order valence-corrected chi connectivity index (χ1v) is 11.3. The molecule has 2 aromatic carbocycles. The maximum atomic E-state index is 15.5. The fraction of sp³-hybridized carbons (Fsp3) is 0.240. The normalized spacial score (nSPS) is 17.2. The molecule has 0 radical (unpaired) electrons. The number of aromatic nitrogens is 4. The van der Waals surface area contributed by atoms with E-state index in [2.05, 4.69) is 25.3 Å². The summed E-state index contributed by atoms with van der Waals surface area (Å²) in [4.78, 5) is 31.8. The van der Waals surface area contributed by atoms with Crippen LogP contribution in [0.5, 0.6) is 5.75 Å². The average Bonchev–Trinajstić information content (AvgIpc) is 3.24. The van der Waals surface area contributed by atoms with Crippen LogP contribution in [-0.2, 0) is 9.53 Å². The Morgan fingerprint density at radius 3 is 2.64 bits per heavy atom. The lowest BCUT2D eigenvalue weighted by Gasteiger charge is -2.29. The molecule has 9 nitrogen and oxygen atoms in total. The molecule has 36 heavy (non-hydrogen) atoms. The monoisotopic (exact) mass is 490 g/mol. The van der Waals surface area contributed by atoms with Crippen molar-refractivity contribution in [1.82, 2.24) is 19.9 Å². The molecule has 4 aromatic rings. The van der Waals surface area contributed by atoms with Crippen molar-refractivity contribution >= 4 is 28.3 Å². The third-order valence-electron chi connectivity index (χ3n) is 6.44. The number of fused-ring (bicyclic) bond motifs is 2. The molecule has 0 aliphatic carbocycles. The maximum Gasteiger partial charge on any atom is 0.239 e. The number of carbonyl (C=O) groups excluding carboxylic acids is 1. The first kappa shape index (κ1) is 22.2. The number of methoxy groups -OCH3 is 1. The number of amides is 1. The van der Waals surface area contributed by atoms with E-state index >= 15 is 8.78 Å². The van der Waals surface area contributed by atoms with Gasteiger partial charge in [0, 0.05) is 48.4 Å². The van der Waals surface area contributed by atoms with E-state index in [1.807, 2.05) is 4.90 Å². The standard InChI is InChI=1S/C25H20F2N6O3/c1-35-19-11-16(26)14(10-15(19)20-23-24(32-25(20)34)29-3-2-28-23)22-21-17(27)8-13(9-18(21)30-12-31-22)33-4-6-36-7-5-33/h2-3,8-12,20H,4-7H2,1H3,(H,29,32,34). The van der Waals surface area contributed by atoms with Gasteiger partial charge in [-0.25, -0.2) is 23.7 Å². The molecule has 2 aliphatic heterocycles. The summed E-state index contributed by atoms with van der Waals surface area (Å²) in [7, 11) is 1.38. The second-order valence-electron chi connectivity index (χ2n) is 8.43. The van der Waals surface area contributed by atoms with Crippen LogP contribution in [0, 0.1) is 11.6 Å². The molecule has 2 aromatic heterocycles. The minimum absolute atomic E-state index is 0.0152. The van der Waals surface area contributed by atoms with Crippen LogP contribution >= 0.6 is 0 Å². The SMILES string of the molecule is COc1cc(F)c(-c2ncnc3cc(N4CCOCC4)cc(F)c23)cc1C1C(=O)Nc2nccnc21. The first-order valence-electron chi connectivity index (χ1n) is 11.3. The minimum atomic E-state index is -0.881. The van der Waals surface area contributed by atoms with E-state index in [-0.39, 0.29) is 28.3 Å². The molecule has 1 amide bonds. The van der Waals surface area contributed by atoms with Crippen molar-refractivity contribution in [3.05, 3.63) is 65.9 Å². The molecule has 1 atom stereocenters. The van der Waals surface area contributed by atoms with Crippen molar-refractivity contribution in [2.45, 2.75) is 5.92 Å². The number of halogens is 2. The minimum Gasteiger partial charge on any atom is -0.496 e. The zero-order chi connectivity index (χ0) is 24.8. The van der Waals surface area contributed by atoms with Gasteiger partial charge in [-0.2, -0.15) is 0 Å². The summed E-state index contributed by atoms with van der Waals surface area (Å²) in [6.45, 7) is 2.37. The van der Waals surface area contributed by atoms with Crippen LogP contribution in [0.1, 0.15) is 17.2 Å². The highest BCUT2D eigenvalue weighted by atomic mass is 19.1. The van der Waals surface area contributed by atoms with Gasteiger partial charge in [0.25, 0.3) is 0 Å². The number of nitrogens with zero attached hydrogens (tertiary/aromatic N) is 5. The predicted molar refractivity (Wildman–Crippen MR) is 127 cm³/mol. The lowest BCUT2D eigenvalue weighted by atomic mass is 9.92. The topological polar surface area (TPSA) is 102 Å². The number of anilines is 2. The van der Waals surface area contributed by atoms with Gasteiger partial charge in [0.2, 0.25) is 5.91 Å². The van der Waals surface area contributed by atoms with Gasteiger partial charge in [0.15, 0.2) is 5.82 Å². The van der Waals surface area contributed by atoms with Gasteiger partial charge in [-0.1, -0.05) is 0 Å². The van der Waals surface area contributed by atoms with Crippen LogP contribution in [0.2, 0.25) is 0 Å². The van der Waals surface area contributed by atoms with Crippen LogP contribution < -0.4 is 15.0 Å². The van der Waals surface area contributed by atoms with Crippen molar-refractivity contribution in [2.24, 2.45) is 0 Å². The highest BCUT2D eigenvalue weighted by molar-refractivity contribution is 6.04. The maximum absolute atomic E-state index is 15.5. The summed E-state index contributed by atoms with van der Waals surface area (Å²) in [6, 6.07) is 5.78. The van der Waals surface area contributed by atoms with Crippen molar-refractivity contribution in [2.75, 3.05) is 43.6 Å². The Kier molecular flexibility index (Phi) is 5.41. The molecular formula is C25H20F2N6O3. The fourth-order valence-corrected chi connectivity index (χ4v) is 4.75. The van der Waals surface area contributed by atoms with E-state index in [1.54, 1.807) is 6.07 Å². The van der Waals surface area contributed by atoms with E-state index in [9.17, 15) is 4.79 Å². The number of benzene rings is 2. The molecule has 1 N–H and O–H groups in total. The molecule has 11 heteroatoms. The Hall–Kier alpha value is -4.25. The molecule has 0 saturated carbocycles. The molecule has 1 unspecified atom stereocenters. The van der Waals surface area contributed by atoms with Gasteiger partial charge in [0.1, 0.15) is 35.3 Å². The van der Waals surface area contributed by atoms with Crippen LogP contribution in [0.4, 0.5) is 20.3 Å². The van der Waals surface area contributed by atoms with E-state index in [0.29, 0.717) is 54.6 Å². The zero-order valence-corrected chi connectivity index (χ0v) is 19.2. The first-order chi connectivity index (χ1) is 17.5. The third-order valence-corrected chi connectivity index (χ3v) is 6.44. The second kappa shape index (κ2) is 8.76. The van der Waals surface area contributed by atoms with Gasteiger partial charge in [-0.15, -0.1) is 0 Å². The zero-order valence-electron chi connectivity index (χ0n) is 19.2. The number of ether oxygens (including phenoxy) is 2. The second-order valence-corrected chi connectivity index (χ2v) is 8.43. The van der Waals surface area contributed by atoms with E-state index < -0.39 is 17.6 Å². The molecular weight excluding hydrogens is 470 g/mol. The van der Waals surface area contributed by atoms with Crippen molar-refractivity contribution in [3.63, 3.8) is 0 Å². The Balaban J connectivity index is 1.51. The molecule has 4 heterocycles. The smallest absolute Gasteiger partial charge is 0.239 e. The Morgan fingerprint density at radius 1 is 1.03 bits per heavy atom. The summed E-state index contributed by atoms with van der Waals surface area (Å²) >= 11 is 0. The summed E-state index contributed by atoms with van der Waals surface area (Å²) in [5.41, 5.74) is 1.86. The molecule has 0 spiro atoms. The Labute approximate surface area is 204 Å². The van der Waals surface area contributed by atoms with Crippen LogP contribution in [-0.4, -0.2) is 59.3 Å². The number of nitrogens with one attached hydrogen (secondary N) is 1. The highest BCUT2D eigenvalue weighted by Gasteiger charge is 2.37. The molecule has 2 aliphatic rings. The molecule has 0 bridgehead atoms. The highest BCUT2D eigenvalue weighted by Crippen LogP contribution is 2.42. The number of hydrogen-bond donors (Lipinski definition) is 1. The fourth-order valence-electron chi connectivity index (χ4n) is 4.75. The largest absolute Gasteiger partial charge is 0.496 e. The van der Waals surface area contributed by atoms with Crippen molar-refractivity contribution < 1.29 is 23.0 Å². The summed E-state index contributed by atoms with van der Waals surface area (Å²) < 4.78 is 41.7. The van der Waals surface area contributed by atoms with Gasteiger partial charge in [0.05, 0.1) is 36.9 Å². The number of carbonyl (C=O) groups is 1. The Bertz CT molecular complexity index is 1510. The quantitative estimate of drug-likeness (QED) is 0.465. The van der Waals surface area contributed by atoms with Crippen LogP contribution in [0.3, 0.4) is 0 Å². The average molecular weight is 490 g/mol. The summed E-state index contributed by atoms with van der Waals surface area (Å²) in [5, 5.41) is 2.77. The third kappa shape index (κ3) is 3.59. The number of hydrogen-bond acceptors (Lipinski definition) is 8. The number of morpholine rings is 1. The van der Waals surface area contributed by atoms with Crippen LogP contribution in [0.15, 0.2) is 43.0 Å². The van der Waals surface area contributed by atoms with E-state index in [1.165, 1.54) is 44.0 Å². The van der Waals surface area contributed by atoms with Gasteiger partial charge >= 0.3 is 0 Å². The molecule has 182 valence electrons. The molecule has 6 rings (SSSR count). The van der Waals surface area contributed by atoms with E-state index in [0.717, 1.165) is 0 Å². The predicted octanol–water partition coefficient (Wildman–Crippen LogP) is 3.29. The Morgan fingerprint density at radius 2 is 1.83 bits per heavy atom. The molecule has 1 saturated heterocycles. The lowest BCUT2D eigenvalue weighted by Crippen LogP contribution is -2.36. The van der Waals surface area contributed by atoms with Gasteiger partial charge in [-0.3, -0.25) is 9.78 Å². The van der Waals surface area contributed by atoms with E-state index in [4.69, 9.17) is 9.47 Å². The number of rotatable bonds is 4. The van der Waals surface area contributed by atoms with Gasteiger partial charge in [-0.05, 0) is 18.2 Å². The molecule has 1 fully saturated rings. The van der Waals surface area contributed by atoms with Gasteiger partial charge < -0.3 is 19.7 Å². The summed E-state index contributed by atoms with van der Waals surface area (Å²) in [6.07, 6.45) is 4.21. The summed E-state index contributed by atoms with van der Waals surface area (Å²) in [5.74, 6) is -2.02. The lowest BCUT2D eigenvalue weighted by molar-refractivity contribution is -0.116. The van der Waals surface area contributed by atoms with Crippen molar-refractivity contribution in [3.8, 4) is 17.0 Å². The van der Waals surface area contributed by atoms with Crippen LogP contribution in [0.25, 0.3) is 22.2 Å².